The highest BCUT2D eigenvalue weighted by molar-refractivity contribution is 5.95. The van der Waals surface area contributed by atoms with Crippen LogP contribution < -0.4 is 11.0 Å². The lowest BCUT2D eigenvalue weighted by molar-refractivity contribution is -0.145. The molecule has 0 bridgehead atoms. The minimum absolute atomic E-state index is 0.174. The molecule has 1 aromatic heterocycles. The van der Waals surface area contributed by atoms with Gasteiger partial charge >= 0.3 is 17.6 Å². The number of hydrogen-bond acceptors (Lipinski definition) is 4. The number of carbonyl (C=O) groups excluding carboxylic acids is 1. The van der Waals surface area contributed by atoms with Crippen molar-refractivity contribution in [3.63, 3.8) is 0 Å². The van der Waals surface area contributed by atoms with Gasteiger partial charge < -0.3 is 25.5 Å². The lowest BCUT2D eigenvalue weighted by Gasteiger charge is -2.10. The fourth-order valence-corrected chi connectivity index (χ4v) is 1.07. The summed E-state index contributed by atoms with van der Waals surface area (Å²) in [6.07, 6.45) is 0.299. The predicted molar refractivity (Wildman–Crippen MR) is 52.6 cm³/mol. The van der Waals surface area contributed by atoms with Crippen molar-refractivity contribution in [3.8, 4) is 0 Å². The molecule has 0 aliphatic rings. The minimum atomic E-state index is -1.56. The molecule has 0 unspecified atom stereocenters. The molecule has 0 aromatic carbocycles. The van der Waals surface area contributed by atoms with Gasteiger partial charge in [0.15, 0.2) is 0 Å². The average molecular weight is 243 g/mol. The van der Waals surface area contributed by atoms with E-state index in [0.717, 1.165) is 6.20 Å². The van der Waals surface area contributed by atoms with Crippen molar-refractivity contribution in [1.82, 2.24) is 15.3 Å². The van der Waals surface area contributed by atoms with Gasteiger partial charge in [0.1, 0.15) is 11.7 Å². The van der Waals surface area contributed by atoms with Crippen LogP contribution in [-0.2, 0) is 9.59 Å². The van der Waals surface area contributed by atoms with Gasteiger partial charge in [0.05, 0.1) is 6.42 Å². The van der Waals surface area contributed by atoms with Gasteiger partial charge in [-0.05, 0) is 0 Å². The van der Waals surface area contributed by atoms with Crippen LogP contribution in [0.15, 0.2) is 11.0 Å². The van der Waals surface area contributed by atoms with Gasteiger partial charge in [-0.15, -0.1) is 0 Å². The molecule has 0 radical (unpaired) electrons. The van der Waals surface area contributed by atoms with E-state index in [4.69, 9.17) is 10.2 Å². The Morgan fingerprint density at radius 1 is 1.35 bits per heavy atom. The van der Waals surface area contributed by atoms with Crippen LogP contribution in [-0.4, -0.2) is 44.1 Å². The Labute approximate surface area is 93.5 Å². The normalized spacial score (nSPS) is 11.8. The maximum absolute atomic E-state index is 11.4. The number of aliphatic carboxylic acids is 2. The number of carboxylic acid groups (broad SMARTS) is 2. The molecule has 0 spiro atoms. The first-order valence-corrected chi connectivity index (χ1v) is 4.43. The third-order valence-corrected chi connectivity index (χ3v) is 1.82. The molecule has 5 N–H and O–H groups in total. The number of rotatable bonds is 5. The zero-order valence-electron chi connectivity index (χ0n) is 8.39. The standard InChI is InChI=1S/C8H9N3O6/c12-5(13)1-3(7(15)16)10-6(14)4-2-9-8(17)11-4/h2-3H,1H2,(H,10,14)(H,12,13)(H,15,16)(H2,9,11,17)/t3-/m0/s1. The molecule has 1 amide bonds. The van der Waals surface area contributed by atoms with Crippen molar-refractivity contribution >= 4 is 17.8 Å². The van der Waals surface area contributed by atoms with Crippen LogP contribution in [0.25, 0.3) is 0 Å². The van der Waals surface area contributed by atoms with Crippen LogP contribution in [0.4, 0.5) is 0 Å². The molecule has 9 heteroatoms. The van der Waals surface area contributed by atoms with Crippen molar-refractivity contribution in [3.05, 3.63) is 22.4 Å². The Hall–Kier alpha value is -2.58. The molecule has 1 atom stereocenters. The highest BCUT2D eigenvalue weighted by atomic mass is 16.4. The third kappa shape index (κ3) is 3.48. The molecule has 17 heavy (non-hydrogen) atoms. The van der Waals surface area contributed by atoms with Gasteiger partial charge in [0.2, 0.25) is 0 Å². The number of nitrogens with one attached hydrogen (secondary N) is 3. The quantitative estimate of drug-likeness (QED) is 0.418. The Balaban J connectivity index is 2.74. The highest BCUT2D eigenvalue weighted by Gasteiger charge is 2.24. The van der Waals surface area contributed by atoms with E-state index in [0.29, 0.717) is 0 Å². The van der Waals surface area contributed by atoms with E-state index in [9.17, 15) is 19.2 Å². The smallest absolute Gasteiger partial charge is 0.326 e. The zero-order chi connectivity index (χ0) is 13.0. The summed E-state index contributed by atoms with van der Waals surface area (Å²) in [6.45, 7) is 0. The van der Waals surface area contributed by atoms with E-state index in [1.165, 1.54) is 0 Å². The van der Waals surface area contributed by atoms with Gasteiger partial charge in [0.25, 0.3) is 5.91 Å². The molecule has 1 aromatic rings. The lowest BCUT2D eigenvalue weighted by atomic mass is 10.2. The number of H-pyrrole nitrogens is 2. The summed E-state index contributed by atoms with van der Waals surface area (Å²) in [5.41, 5.74) is -0.799. The Morgan fingerprint density at radius 3 is 2.41 bits per heavy atom. The van der Waals surface area contributed by atoms with Gasteiger partial charge in [-0.3, -0.25) is 9.59 Å². The molecular weight excluding hydrogens is 234 g/mol. The molecule has 0 aliphatic heterocycles. The van der Waals surface area contributed by atoms with E-state index in [-0.39, 0.29) is 5.69 Å². The number of carbonyl (C=O) groups is 3. The second-order valence-electron chi connectivity index (χ2n) is 3.12. The fourth-order valence-electron chi connectivity index (χ4n) is 1.07. The van der Waals surface area contributed by atoms with Crippen LogP contribution in [0.3, 0.4) is 0 Å². The maximum Gasteiger partial charge on any atom is 0.326 e. The number of aromatic nitrogens is 2. The van der Waals surface area contributed by atoms with Gasteiger partial charge in [0, 0.05) is 6.20 Å². The van der Waals surface area contributed by atoms with E-state index in [2.05, 4.69) is 9.97 Å². The van der Waals surface area contributed by atoms with Gasteiger partial charge in [-0.1, -0.05) is 0 Å². The summed E-state index contributed by atoms with van der Waals surface area (Å²) in [6, 6.07) is -1.56. The predicted octanol–water partition coefficient (Wildman–Crippen LogP) is -1.64. The number of carboxylic acids is 2. The number of aromatic amines is 2. The average Bonchev–Trinajstić information content (AvgIpc) is 2.63. The van der Waals surface area contributed by atoms with Gasteiger partial charge in [-0.2, -0.15) is 0 Å². The Bertz CT molecular complexity index is 501. The van der Waals surface area contributed by atoms with E-state index >= 15 is 0 Å². The number of amides is 1. The maximum atomic E-state index is 11.4. The van der Waals surface area contributed by atoms with Crippen molar-refractivity contribution in [2.24, 2.45) is 0 Å². The second kappa shape index (κ2) is 4.96. The summed E-state index contributed by atoms with van der Waals surface area (Å²) in [5, 5.41) is 19.1. The zero-order valence-corrected chi connectivity index (χ0v) is 8.39. The summed E-state index contributed by atoms with van der Waals surface area (Å²) in [7, 11) is 0. The van der Waals surface area contributed by atoms with E-state index in [1.54, 1.807) is 0 Å². The Kier molecular flexibility index (Phi) is 3.65. The monoisotopic (exact) mass is 243 g/mol. The van der Waals surface area contributed by atoms with Crippen LogP contribution in [0.2, 0.25) is 0 Å². The van der Waals surface area contributed by atoms with Crippen LogP contribution in [0, 0.1) is 0 Å². The fraction of sp³-hybridized carbons (Fsp3) is 0.250. The summed E-state index contributed by atoms with van der Waals surface area (Å²) in [4.78, 5) is 47.4. The molecule has 9 nitrogen and oxygen atoms in total. The first-order chi connectivity index (χ1) is 7.90. The van der Waals surface area contributed by atoms with Crippen molar-refractivity contribution in [2.45, 2.75) is 12.5 Å². The number of hydrogen-bond donors (Lipinski definition) is 5. The van der Waals surface area contributed by atoms with E-state index in [1.807, 2.05) is 5.32 Å². The summed E-state index contributed by atoms with van der Waals surface area (Å²) < 4.78 is 0. The first-order valence-electron chi connectivity index (χ1n) is 4.43. The SMILES string of the molecule is O=C(O)C[C@H](NC(=O)c1c[nH]c(=O)[nH]1)C(=O)O. The van der Waals surface area contributed by atoms with Crippen molar-refractivity contribution in [1.29, 1.82) is 0 Å². The topological polar surface area (TPSA) is 152 Å². The van der Waals surface area contributed by atoms with Crippen molar-refractivity contribution in [2.75, 3.05) is 0 Å². The molecular formula is C8H9N3O6. The van der Waals surface area contributed by atoms with E-state index < -0.39 is 36.0 Å². The summed E-state index contributed by atoms with van der Waals surface area (Å²) >= 11 is 0. The minimum Gasteiger partial charge on any atom is -0.481 e. The lowest BCUT2D eigenvalue weighted by Crippen LogP contribution is -2.42. The second-order valence-corrected chi connectivity index (χ2v) is 3.12. The molecule has 0 aliphatic carbocycles. The molecule has 1 rings (SSSR count). The molecule has 92 valence electrons. The number of imidazole rings is 1. The molecule has 0 fully saturated rings. The Morgan fingerprint density at radius 2 is 2.00 bits per heavy atom. The van der Waals surface area contributed by atoms with Crippen LogP contribution >= 0.6 is 0 Å². The van der Waals surface area contributed by atoms with Crippen molar-refractivity contribution < 1.29 is 24.6 Å². The van der Waals surface area contributed by atoms with Crippen LogP contribution in [0.5, 0.6) is 0 Å². The highest BCUT2D eigenvalue weighted by Crippen LogP contribution is 1.96. The molecule has 1 heterocycles. The third-order valence-electron chi connectivity index (χ3n) is 1.82. The first kappa shape index (κ1) is 12.5. The molecule has 0 saturated heterocycles. The summed E-state index contributed by atoms with van der Waals surface area (Å²) in [5.74, 6) is -3.71. The largest absolute Gasteiger partial charge is 0.481 e. The molecule has 0 saturated carbocycles. The van der Waals surface area contributed by atoms with Gasteiger partial charge in [-0.25, -0.2) is 9.59 Å². The van der Waals surface area contributed by atoms with Crippen LogP contribution in [0.1, 0.15) is 16.9 Å².